The van der Waals surface area contributed by atoms with Crippen LogP contribution in [-0.2, 0) is 4.79 Å². The summed E-state index contributed by atoms with van der Waals surface area (Å²) in [6.45, 7) is 0.470. The van der Waals surface area contributed by atoms with Crippen LogP contribution in [0.2, 0.25) is 0 Å². The molecule has 7 heteroatoms. The number of para-hydroxylation sites is 1. The van der Waals surface area contributed by atoms with Crippen LogP contribution in [0.5, 0.6) is 5.75 Å². The zero-order valence-electron chi connectivity index (χ0n) is 14.4. The van der Waals surface area contributed by atoms with Crippen molar-refractivity contribution in [1.29, 1.82) is 0 Å². The summed E-state index contributed by atoms with van der Waals surface area (Å²) < 4.78 is 18.8. The molecule has 0 aliphatic carbocycles. The van der Waals surface area contributed by atoms with Gasteiger partial charge in [-0.3, -0.25) is 4.79 Å². The van der Waals surface area contributed by atoms with E-state index in [9.17, 15) is 14.0 Å². The summed E-state index contributed by atoms with van der Waals surface area (Å²) in [4.78, 5) is 26.5. The van der Waals surface area contributed by atoms with Crippen LogP contribution in [0.4, 0.5) is 20.6 Å². The number of ether oxygens (including phenoxy) is 1. The molecule has 1 heterocycles. The van der Waals surface area contributed by atoms with E-state index in [0.29, 0.717) is 30.8 Å². The van der Waals surface area contributed by atoms with Gasteiger partial charge in [0, 0.05) is 12.2 Å². The number of urea groups is 1. The SMILES string of the molecule is COc1ccc(NC(=O)N2CCCC2C(=O)Nc2ccccc2F)cc1. The smallest absolute Gasteiger partial charge is 0.322 e. The van der Waals surface area contributed by atoms with E-state index in [1.165, 1.54) is 17.0 Å². The van der Waals surface area contributed by atoms with Crippen LogP contribution in [0, 0.1) is 5.82 Å². The molecule has 6 nitrogen and oxygen atoms in total. The van der Waals surface area contributed by atoms with Gasteiger partial charge in [0.05, 0.1) is 12.8 Å². The first-order chi connectivity index (χ1) is 12.6. The summed E-state index contributed by atoms with van der Waals surface area (Å²) in [7, 11) is 1.57. The van der Waals surface area contributed by atoms with E-state index in [-0.39, 0.29) is 11.7 Å². The molecule has 1 saturated heterocycles. The van der Waals surface area contributed by atoms with Crippen LogP contribution in [0.15, 0.2) is 48.5 Å². The van der Waals surface area contributed by atoms with Gasteiger partial charge in [-0.05, 0) is 49.2 Å². The van der Waals surface area contributed by atoms with E-state index in [1.54, 1.807) is 43.5 Å². The Hall–Kier alpha value is -3.09. The monoisotopic (exact) mass is 357 g/mol. The molecule has 1 aliphatic heterocycles. The number of nitrogens with one attached hydrogen (secondary N) is 2. The van der Waals surface area contributed by atoms with Gasteiger partial charge in [-0.25, -0.2) is 9.18 Å². The second-order valence-corrected chi connectivity index (χ2v) is 5.98. The molecule has 2 aromatic carbocycles. The molecule has 3 amide bonds. The van der Waals surface area contributed by atoms with Gasteiger partial charge in [-0.1, -0.05) is 12.1 Å². The van der Waals surface area contributed by atoms with Crippen molar-refractivity contribution in [2.75, 3.05) is 24.3 Å². The highest BCUT2D eigenvalue weighted by Gasteiger charge is 2.34. The highest BCUT2D eigenvalue weighted by Crippen LogP contribution is 2.22. The molecule has 0 saturated carbocycles. The van der Waals surface area contributed by atoms with Crippen molar-refractivity contribution in [3.8, 4) is 5.75 Å². The number of hydrogen-bond donors (Lipinski definition) is 2. The van der Waals surface area contributed by atoms with Crippen LogP contribution in [0.1, 0.15) is 12.8 Å². The Morgan fingerprint density at radius 1 is 1.12 bits per heavy atom. The van der Waals surface area contributed by atoms with Crippen molar-refractivity contribution in [2.45, 2.75) is 18.9 Å². The van der Waals surface area contributed by atoms with Gasteiger partial charge in [0.2, 0.25) is 5.91 Å². The molecular weight excluding hydrogens is 337 g/mol. The van der Waals surface area contributed by atoms with Crippen molar-refractivity contribution >= 4 is 23.3 Å². The first kappa shape index (κ1) is 17.7. The van der Waals surface area contributed by atoms with Gasteiger partial charge in [-0.2, -0.15) is 0 Å². The minimum absolute atomic E-state index is 0.111. The number of halogens is 1. The number of anilines is 2. The van der Waals surface area contributed by atoms with E-state index in [1.807, 2.05) is 0 Å². The number of benzene rings is 2. The molecule has 0 aromatic heterocycles. The summed E-state index contributed by atoms with van der Waals surface area (Å²) >= 11 is 0. The van der Waals surface area contributed by atoms with E-state index < -0.39 is 17.8 Å². The molecule has 2 aromatic rings. The molecule has 0 bridgehead atoms. The maximum absolute atomic E-state index is 13.7. The van der Waals surface area contributed by atoms with E-state index >= 15 is 0 Å². The number of carbonyl (C=O) groups excluding carboxylic acids is 2. The quantitative estimate of drug-likeness (QED) is 0.880. The Morgan fingerprint density at radius 2 is 1.85 bits per heavy atom. The largest absolute Gasteiger partial charge is 0.497 e. The normalized spacial score (nSPS) is 16.2. The zero-order chi connectivity index (χ0) is 18.5. The Kier molecular flexibility index (Phi) is 5.36. The maximum Gasteiger partial charge on any atom is 0.322 e. The number of carbonyl (C=O) groups is 2. The number of methoxy groups -OCH3 is 1. The lowest BCUT2D eigenvalue weighted by atomic mass is 10.2. The highest BCUT2D eigenvalue weighted by atomic mass is 19.1. The molecule has 1 unspecified atom stereocenters. The zero-order valence-corrected chi connectivity index (χ0v) is 14.4. The Balaban J connectivity index is 1.65. The minimum Gasteiger partial charge on any atom is -0.497 e. The average Bonchev–Trinajstić information content (AvgIpc) is 3.14. The molecule has 0 spiro atoms. The lowest BCUT2D eigenvalue weighted by Gasteiger charge is -2.24. The van der Waals surface area contributed by atoms with Crippen LogP contribution < -0.4 is 15.4 Å². The molecule has 1 atom stereocenters. The molecule has 0 radical (unpaired) electrons. The van der Waals surface area contributed by atoms with Crippen molar-refractivity contribution in [3.63, 3.8) is 0 Å². The molecule has 3 rings (SSSR count). The number of hydrogen-bond acceptors (Lipinski definition) is 3. The summed E-state index contributed by atoms with van der Waals surface area (Å²) in [6, 6.07) is 11.9. The Labute approximate surface area is 150 Å². The Morgan fingerprint density at radius 3 is 2.54 bits per heavy atom. The third kappa shape index (κ3) is 3.93. The van der Waals surface area contributed by atoms with Crippen LogP contribution in [0.3, 0.4) is 0 Å². The summed E-state index contributed by atoms with van der Waals surface area (Å²) in [5.74, 6) is -0.211. The summed E-state index contributed by atoms with van der Waals surface area (Å²) in [5, 5.41) is 5.34. The Bertz CT molecular complexity index is 795. The summed E-state index contributed by atoms with van der Waals surface area (Å²) in [5.41, 5.74) is 0.718. The van der Waals surface area contributed by atoms with Gasteiger partial charge in [0.15, 0.2) is 0 Å². The van der Waals surface area contributed by atoms with Crippen molar-refractivity contribution in [2.24, 2.45) is 0 Å². The molecule has 1 aliphatic rings. The van der Waals surface area contributed by atoms with Gasteiger partial charge < -0.3 is 20.3 Å². The summed E-state index contributed by atoms with van der Waals surface area (Å²) in [6.07, 6.45) is 1.25. The maximum atomic E-state index is 13.7. The van der Waals surface area contributed by atoms with Crippen LogP contribution in [-0.4, -0.2) is 36.5 Å². The minimum atomic E-state index is -0.632. The number of nitrogens with zero attached hydrogens (tertiary/aromatic N) is 1. The van der Waals surface area contributed by atoms with E-state index in [4.69, 9.17) is 4.74 Å². The first-order valence-corrected chi connectivity index (χ1v) is 8.35. The van der Waals surface area contributed by atoms with Crippen LogP contribution >= 0.6 is 0 Å². The van der Waals surface area contributed by atoms with Crippen molar-refractivity contribution in [3.05, 3.63) is 54.3 Å². The van der Waals surface area contributed by atoms with E-state index in [0.717, 1.165) is 0 Å². The highest BCUT2D eigenvalue weighted by molar-refractivity contribution is 5.99. The standard InChI is InChI=1S/C19H20FN3O3/c1-26-14-10-8-13(9-11-14)21-19(25)23-12-4-7-17(23)18(24)22-16-6-3-2-5-15(16)20/h2-3,5-6,8-11,17H,4,7,12H2,1H3,(H,21,25)(H,22,24). The van der Waals surface area contributed by atoms with E-state index in [2.05, 4.69) is 10.6 Å². The number of rotatable bonds is 4. The second-order valence-electron chi connectivity index (χ2n) is 5.98. The molecule has 136 valence electrons. The van der Waals surface area contributed by atoms with Gasteiger partial charge in [-0.15, -0.1) is 0 Å². The van der Waals surface area contributed by atoms with Gasteiger partial charge >= 0.3 is 6.03 Å². The fourth-order valence-corrected chi connectivity index (χ4v) is 2.93. The first-order valence-electron chi connectivity index (χ1n) is 8.35. The predicted molar refractivity (Wildman–Crippen MR) is 96.8 cm³/mol. The average molecular weight is 357 g/mol. The number of likely N-dealkylation sites (tertiary alicyclic amines) is 1. The van der Waals surface area contributed by atoms with Gasteiger partial charge in [0.1, 0.15) is 17.6 Å². The van der Waals surface area contributed by atoms with Crippen LogP contribution in [0.25, 0.3) is 0 Å². The predicted octanol–water partition coefficient (Wildman–Crippen LogP) is 3.47. The third-order valence-corrected chi connectivity index (χ3v) is 4.29. The lowest BCUT2D eigenvalue weighted by Crippen LogP contribution is -2.45. The number of amides is 3. The molecule has 2 N–H and O–H groups in total. The fourth-order valence-electron chi connectivity index (χ4n) is 2.93. The third-order valence-electron chi connectivity index (χ3n) is 4.29. The molecular formula is C19H20FN3O3. The van der Waals surface area contributed by atoms with Gasteiger partial charge in [0.25, 0.3) is 0 Å². The second kappa shape index (κ2) is 7.86. The van der Waals surface area contributed by atoms with Crippen molar-refractivity contribution < 1.29 is 18.7 Å². The topological polar surface area (TPSA) is 70.7 Å². The molecule has 1 fully saturated rings. The lowest BCUT2D eigenvalue weighted by molar-refractivity contribution is -0.119. The fraction of sp³-hybridized carbons (Fsp3) is 0.263. The van der Waals surface area contributed by atoms with Crippen molar-refractivity contribution in [1.82, 2.24) is 4.90 Å². The molecule has 26 heavy (non-hydrogen) atoms.